The molecule has 1 aromatic heterocycles. The molecule has 0 spiro atoms. The molecule has 264 valence electrons. The van der Waals surface area contributed by atoms with Gasteiger partial charge in [-0.25, -0.2) is 14.0 Å². The average Bonchev–Trinajstić information content (AvgIpc) is 3.64. The Balaban J connectivity index is 1.18. The highest BCUT2D eigenvalue weighted by Crippen LogP contribution is 2.43. The Labute approximate surface area is 306 Å². The van der Waals surface area contributed by atoms with Crippen LogP contribution in [0.4, 0.5) is 10.1 Å². The van der Waals surface area contributed by atoms with E-state index in [-0.39, 0.29) is 17.6 Å². The van der Waals surface area contributed by atoms with Crippen molar-refractivity contribution in [1.82, 2.24) is 10.2 Å². The van der Waals surface area contributed by atoms with Crippen molar-refractivity contribution in [1.29, 1.82) is 0 Å². The second-order valence-corrected chi connectivity index (χ2v) is 13.4. The second-order valence-electron chi connectivity index (χ2n) is 12.3. The van der Waals surface area contributed by atoms with Gasteiger partial charge in [0.25, 0.3) is 5.91 Å². The summed E-state index contributed by atoms with van der Waals surface area (Å²) in [4.78, 5) is 31.8. The molecule has 0 atom stereocenters. The van der Waals surface area contributed by atoms with Gasteiger partial charge in [0.1, 0.15) is 12.4 Å². The number of rotatable bonds is 12. The highest BCUT2D eigenvalue weighted by molar-refractivity contribution is 7.18. The first-order valence-electron chi connectivity index (χ1n) is 16.9. The van der Waals surface area contributed by atoms with Crippen LogP contribution in [0.5, 0.6) is 11.5 Å². The topological polar surface area (TPSA) is 81.5 Å². The summed E-state index contributed by atoms with van der Waals surface area (Å²) in [6.45, 7) is 9.53. The number of esters is 1. The van der Waals surface area contributed by atoms with Crippen molar-refractivity contribution < 1.29 is 28.2 Å². The maximum atomic E-state index is 14.9. The standard InChI is InChI=1S/C42H38FN3O5S/c1-44-36-16-14-31(23-35(36)43)34-25-39(52-41(34)32-15-17-37(49-2)38(24-32)51-27-30-7-5-4-6-8-30)42(48)46-21-19-33(20-22-46)45-26-29-11-9-28(10-12-29)13-18-40(47)50-3/h4-18,23-25,33,45H,19-22,26-27H2,2-3H3/b18-13+. The van der Waals surface area contributed by atoms with Crippen molar-refractivity contribution in [3.63, 3.8) is 0 Å². The van der Waals surface area contributed by atoms with Gasteiger partial charge in [-0.05, 0) is 77.1 Å². The molecule has 1 N–H and O–H groups in total. The predicted molar refractivity (Wildman–Crippen MR) is 202 cm³/mol. The third kappa shape index (κ3) is 8.75. The summed E-state index contributed by atoms with van der Waals surface area (Å²) in [5, 5.41) is 3.62. The van der Waals surface area contributed by atoms with Gasteiger partial charge in [-0.3, -0.25) is 4.79 Å². The third-order valence-corrected chi connectivity index (χ3v) is 10.1. The molecule has 52 heavy (non-hydrogen) atoms. The summed E-state index contributed by atoms with van der Waals surface area (Å²) in [7, 11) is 2.94. The molecular formula is C42H38FN3O5S. The predicted octanol–water partition coefficient (Wildman–Crippen LogP) is 8.94. The molecule has 1 fully saturated rings. The number of methoxy groups -OCH3 is 2. The zero-order valence-electron chi connectivity index (χ0n) is 28.9. The number of hydrogen-bond donors (Lipinski definition) is 1. The van der Waals surface area contributed by atoms with E-state index in [0.717, 1.165) is 40.0 Å². The Morgan fingerprint density at radius 3 is 2.37 bits per heavy atom. The van der Waals surface area contributed by atoms with Crippen molar-refractivity contribution in [3.05, 3.63) is 142 Å². The number of thiophene rings is 1. The highest BCUT2D eigenvalue weighted by Gasteiger charge is 2.27. The Morgan fingerprint density at radius 1 is 0.923 bits per heavy atom. The Hall–Kier alpha value is -5.76. The minimum absolute atomic E-state index is 0.0563. The van der Waals surface area contributed by atoms with Crippen LogP contribution in [-0.4, -0.2) is 50.1 Å². The largest absolute Gasteiger partial charge is 0.493 e. The zero-order chi connectivity index (χ0) is 36.5. The van der Waals surface area contributed by atoms with Crippen molar-refractivity contribution in [3.8, 4) is 33.1 Å². The van der Waals surface area contributed by atoms with Crippen LogP contribution in [0.1, 0.15) is 39.2 Å². The van der Waals surface area contributed by atoms with E-state index in [0.29, 0.717) is 53.7 Å². The number of amides is 1. The van der Waals surface area contributed by atoms with Gasteiger partial charge in [-0.1, -0.05) is 66.7 Å². The molecule has 0 saturated carbocycles. The van der Waals surface area contributed by atoms with Crippen LogP contribution in [-0.2, 0) is 22.7 Å². The Kier molecular flexibility index (Phi) is 11.8. The first-order chi connectivity index (χ1) is 25.3. The number of carbonyl (C=O) groups is 2. The summed E-state index contributed by atoms with van der Waals surface area (Å²) in [6.07, 6.45) is 4.72. The lowest BCUT2D eigenvalue weighted by Crippen LogP contribution is -2.44. The van der Waals surface area contributed by atoms with Crippen LogP contribution >= 0.6 is 11.3 Å². The first-order valence-corrected chi connectivity index (χ1v) is 17.7. The molecule has 1 saturated heterocycles. The van der Waals surface area contributed by atoms with E-state index in [1.807, 2.05) is 83.8 Å². The fourth-order valence-corrected chi connectivity index (χ4v) is 7.18. The number of nitrogens with zero attached hydrogens (tertiary/aromatic N) is 2. The van der Waals surface area contributed by atoms with Gasteiger partial charge in [0.2, 0.25) is 5.69 Å². The quantitative estimate of drug-likeness (QED) is 0.0790. The van der Waals surface area contributed by atoms with Crippen molar-refractivity contribution in [2.45, 2.75) is 32.0 Å². The van der Waals surface area contributed by atoms with Crippen molar-refractivity contribution in [2.75, 3.05) is 27.3 Å². The fourth-order valence-electron chi connectivity index (χ4n) is 6.04. The number of likely N-dealkylation sites (tertiary alicyclic amines) is 1. The smallest absolute Gasteiger partial charge is 0.330 e. The summed E-state index contributed by atoms with van der Waals surface area (Å²) < 4.78 is 31.3. The summed E-state index contributed by atoms with van der Waals surface area (Å²) in [6, 6.07) is 30.1. The second kappa shape index (κ2) is 17.0. The lowest BCUT2D eigenvalue weighted by molar-refractivity contribution is -0.134. The molecule has 10 heteroatoms. The van der Waals surface area contributed by atoms with E-state index < -0.39 is 11.8 Å². The molecule has 1 aliphatic heterocycles. The third-order valence-electron chi connectivity index (χ3n) is 8.95. The molecule has 0 bridgehead atoms. The molecule has 0 aliphatic carbocycles. The number of carbonyl (C=O) groups excluding carboxylic acids is 2. The maximum Gasteiger partial charge on any atom is 0.330 e. The van der Waals surface area contributed by atoms with E-state index in [1.54, 1.807) is 19.3 Å². The number of hydrogen-bond acceptors (Lipinski definition) is 7. The molecule has 6 rings (SSSR count). The van der Waals surface area contributed by atoms with Gasteiger partial charge < -0.3 is 24.4 Å². The van der Waals surface area contributed by atoms with Crippen LogP contribution in [0.2, 0.25) is 0 Å². The van der Waals surface area contributed by atoms with Crippen molar-refractivity contribution in [2.24, 2.45) is 0 Å². The van der Waals surface area contributed by atoms with E-state index in [1.165, 1.54) is 36.7 Å². The first kappa shape index (κ1) is 36.0. The summed E-state index contributed by atoms with van der Waals surface area (Å²) >= 11 is 1.36. The van der Waals surface area contributed by atoms with Crippen LogP contribution < -0.4 is 14.8 Å². The lowest BCUT2D eigenvalue weighted by atomic mass is 10.0. The van der Waals surface area contributed by atoms with Crippen LogP contribution in [0.15, 0.2) is 103 Å². The monoisotopic (exact) mass is 715 g/mol. The van der Waals surface area contributed by atoms with Gasteiger partial charge in [0, 0.05) is 42.2 Å². The molecule has 0 unspecified atom stereocenters. The molecule has 2 heterocycles. The van der Waals surface area contributed by atoms with E-state index in [4.69, 9.17) is 16.0 Å². The average molecular weight is 716 g/mol. The normalized spacial score (nSPS) is 13.2. The molecular weight excluding hydrogens is 678 g/mol. The van der Waals surface area contributed by atoms with Gasteiger partial charge in [0.15, 0.2) is 11.5 Å². The van der Waals surface area contributed by atoms with E-state index in [2.05, 4.69) is 14.9 Å². The van der Waals surface area contributed by atoms with Crippen LogP contribution in [0.3, 0.4) is 0 Å². The van der Waals surface area contributed by atoms with E-state index in [9.17, 15) is 14.0 Å². The molecule has 8 nitrogen and oxygen atoms in total. The Morgan fingerprint density at radius 2 is 1.67 bits per heavy atom. The number of nitrogens with one attached hydrogen (secondary N) is 1. The molecule has 1 amide bonds. The highest BCUT2D eigenvalue weighted by atomic mass is 32.1. The van der Waals surface area contributed by atoms with Crippen LogP contribution in [0.25, 0.3) is 32.5 Å². The van der Waals surface area contributed by atoms with E-state index >= 15 is 0 Å². The fraction of sp³-hybridized carbons (Fsp3) is 0.214. The Bertz CT molecular complexity index is 2100. The zero-order valence-corrected chi connectivity index (χ0v) is 29.8. The number of benzene rings is 4. The maximum absolute atomic E-state index is 14.9. The van der Waals surface area contributed by atoms with Gasteiger partial charge in [0.05, 0.1) is 25.7 Å². The minimum atomic E-state index is -0.611. The van der Waals surface area contributed by atoms with Crippen molar-refractivity contribution >= 4 is 35.0 Å². The minimum Gasteiger partial charge on any atom is -0.493 e. The summed E-state index contributed by atoms with van der Waals surface area (Å²) in [5.74, 6) is 0.0440. The number of piperidine rings is 1. The van der Waals surface area contributed by atoms with Gasteiger partial charge in [-0.15, -0.1) is 11.3 Å². The molecule has 4 aromatic carbocycles. The molecule has 1 aliphatic rings. The summed E-state index contributed by atoms with van der Waals surface area (Å²) in [5.41, 5.74) is 5.07. The number of ether oxygens (including phenoxy) is 3. The molecule has 5 aromatic rings. The van der Waals surface area contributed by atoms with Gasteiger partial charge >= 0.3 is 5.97 Å². The lowest BCUT2D eigenvalue weighted by Gasteiger charge is -2.32. The number of halogens is 1. The van der Waals surface area contributed by atoms with Crippen LogP contribution in [0, 0.1) is 12.4 Å². The molecule has 0 radical (unpaired) electrons. The SMILES string of the molecule is [C-]#[N+]c1ccc(-c2cc(C(=O)N3CCC(NCc4ccc(/C=C/C(=O)OC)cc4)CC3)sc2-c2ccc(OC)c(OCc3ccccc3)c2)cc1F. The van der Waals surface area contributed by atoms with Gasteiger partial charge in [-0.2, -0.15) is 0 Å².